The molecule has 0 spiro atoms. The predicted molar refractivity (Wildman–Crippen MR) is 121 cm³/mol. The van der Waals surface area contributed by atoms with Gasteiger partial charge in [-0.1, -0.05) is 0 Å². The van der Waals surface area contributed by atoms with Crippen molar-refractivity contribution in [1.82, 2.24) is 5.32 Å². The Kier molecular flexibility index (Phi) is 7.50. The zero-order chi connectivity index (χ0) is 23.5. The average molecular weight is 456 g/mol. The van der Waals surface area contributed by atoms with Gasteiger partial charge in [0.25, 0.3) is 0 Å². The highest BCUT2D eigenvalue weighted by Gasteiger charge is 2.41. The lowest BCUT2D eigenvalue weighted by atomic mass is 9.91. The van der Waals surface area contributed by atoms with Gasteiger partial charge in [-0.05, 0) is 90.0 Å². The van der Waals surface area contributed by atoms with E-state index in [2.05, 4.69) is 21.6 Å². The van der Waals surface area contributed by atoms with E-state index in [1.807, 2.05) is 39.8 Å². The number of nitrogens with one attached hydrogen (secondary N) is 2. The molecule has 0 radical (unpaired) electrons. The van der Waals surface area contributed by atoms with Crippen molar-refractivity contribution in [2.75, 3.05) is 23.3 Å². The minimum Gasteiger partial charge on any atom is -0.444 e. The number of hydrogen-bond donors (Lipinski definition) is 2. The number of hydrogen-bond acceptors (Lipinski definition) is 4. The van der Waals surface area contributed by atoms with Gasteiger partial charge in [0.2, 0.25) is 0 Å². The van der Waals surface area contributed by atoms with Gasteiger partial charge in [-0.15, -0.1) is 0 Å². The Bertz CT molecular complexity index is 776. The Hall–Kier alpha value is -2.12. The molecule has 1 aromatic carbocycles. The molecule has 1 saturated heterocycles. The van der Waals surface area contributed by atoms with Crippen LogP contribution >= 0.6 is 0 Å². The summed E-state index contributed by atoms with van der Waals surface area (Å²) in [4.78, 5) is 14.0. The molecule has 0 bridgehead atoms. The fraction of sp³-hybridized carbons (Fsp3) is 0.708. The highest BCUT2D eigenvalue weighted by molar-refractivity contribution is 5.68. The summed E-state index contributed by atoms with van der Waals surface area (Å²) in [6.45, 7) is 8.44. The Morgan fingerprint density at radius 2 is 1.59 bits per heavy atom. The second kappa shape index (κ2) is 9.79. The van der Waals surface area contributed by atoms with E-state index in [1.54, 1.807) is 0 Å². The molecular weight excluding hydrogens is 419 g/mol. The topological polar surface area (TPSA) is 53.6 Å². The molecule has 1 aliphatic carbocycles. The maximum atomic E-state index is 12.9. The van der Waals surface area contributed by atoms with Crippen molar-refractivity contribution in [3.8, 4) is 0 Å². The van der Waals surface area contributed by atoms with Gasteiger partial charge in [0.1, 0.15) is 5.60 Å². The van der Waals surface area contributed by atoms with Crippen molar-refractivity contribution >= 4 is 17.5 Å². The average Bonchev–Trinajstić information content (AvgIpc) is 2.68. The van der Waals surface area contributed by atoms with Crippen molar-refractivity contribution in [2.45, 2.75) is 90.1 Å². The number of amides is 1. The highest BCUT2D eigenvalue weighted by atomic mass is 19.4. The Balaban J connectivity index is 1.47. The third kappa shape index (κ3) is 6.94. The summed E-state index contributed by atoms with van der Waals surface area (Å²) < 4.78 is 44.1. The lowest BCUT2D eigenvalue weighted by Gasteiger charge is -2.35. The number of ether oxygens (including phenoxy) is 1. The maximum absolute atomic E-state index is 12.9. The number of alkyl halides is 3. The SMILES string of the molecule is Cc1cc(NC2CCC(NC(=O)OC(C)(C)C)CC2)ccc1N1CCC(C(F)(F)F)CC1. The van der Waals surface area contributed by atoms with Crippen LogP contribution in [0.5, 0.6) is 0 Å². The number of carbonyl (C=O) groups excluding carboxylic acids is 1. The molecule has 8 heteroatoms. The highest BCUT2D eigenvalue weighted by Crippen LogP contribution is 2.36. The van der Waals surface area contributed by atoms with Gasteiger partial charge in [0, 0.05) is 36.5 Å². The molecule has 2 N–H and O–H groups in total. The van der Waals surface area contributed by atoms with Crippen LogP contribution in [0.3, 0.4) is 0 Å². The zero-order valence-electron chi connectivity index (χ0n) is 19.5. The third-order valence-corrected chi connectivity index (χ3v) is 6.31. The molecule has 0 unspecified atom stereocenters. The van der Waals surface area contributed by atoms with Crippen LogP contribution in [0.25, 0.3) is 0 Å². The molecule has 1 aliphatic heterocycles. The van der Waals surface area contributed by atoms with E-state index < -0.39 is 17.7 Å². The molecule has 1 saturated carbocycles. The number of aryl methyl sites for hydroxylation is 1. The van der Waals surface area contributed by atoms with Crippen LogP contribution < -0.4 is 15.5 Å². The number of rotatable bonds is 4. The smallest absolute Gasteiger partial charge is 0.407 e. The molecular formula is C24H36F3N3O2. The van der Waals surface area contributed by atoms with Crippen LogP contribution in [-0.4, -0.2) is 43.0 Å². The first-order valence-electron chi connectivity index (χ1n) is 11.6. The summed E-state index contributed by atoms with van der Waals surface area (Å²) in [7, 11) is 0. The number of halogens is 3. The molecule has 0 atom stereocenters. The molecule has 180 valence electrons. The third-order valence-electron chi connectivity index (χ3n) is 6.31. The molecule has 3 rings (SSSR count). The van der Waals surface area contributed by atoms with Crippen LogP contribution in [0.2, 0.25) is 0 Å². The van der Waals surface area contributed by atoms with E-state index >= 15 is 0 Å². The standard InChI is InChI=1S/C24H36F3N3O2/c1-16-15-20(9-10-21(16)30-13-11-17(12-14-30)24(25,26)27)28-18-5-7-19(8-6-18)29-22(31)32-23(2,3)4/h9-10,15,17-19,28H,5-8,11-14H2,1-4H3,(H,29,31). The van der Waals surface area contributed by atoms with Gasteiger partial charge in [-0.25, -0.2) is 4.79 Å². The minimum atomic E-state index is -4.09. The van der Waals surface area contributed by atoms with E-state index in [1.165, 1.54) is 0 Å². The normalized spacial score (nSPS) is 23.0. The molecule has 32 heavy (non-hydrogen) atoms. The van der Waals surface area contributed by atoms with Gasteiger partial charge in [-0.2, -0.15) is 13.2 Å². The first kappa shape index (κ1) is 24.5. The Labute approximate surface area is 189 Å². The van der Waals surface area contributed by atoms with Gasteiger partial charge in [-0.3, -0.25) is 0 Å². The van der Waals surface area contributed by atoms with E-state index in [-0.39, 0.29) is 25.0 Å². The fourth-order valence-corrected chi connectivity index (χ4v) is 4.64. The summed E-state index contributed by atoms with van der Waals surface area (Å²) >= 11 is 0. The zero-order valence-corrected chi connectivity index (χ0v) is 19.5. The molecule has 1 aromatic rings. The van der Waals surface area contributed by atoms with E-state index in [0.717, 1.165) is 42.6 Å². The van der Waals surface area contributed by atoms with Crippen LogP contribution in [0.15, 0.2) is 18.2 Å². The summed E-state index contributed by atoms with van der Waals surface area (Å²) in [6, 6.07) is 6.58. The Morgan fingerprint density at radius 3 is 2.12 bits per heavy atom. The second-order valence-corrected chi connectivity index (χ2v) is 10.1. The van der Waals surface area contributed by atoms with Crippen molar-refractivity contribution in [2.24, 2.45) is 5.92 Å². The quantitative estimate of drug-likeness (QED) is 0.583. The minimum absolute atomic E-state index is 0.131. The number of alkyl carbamates (subject to hydrolysis) is 1. The Morgan fingerprint density at radius 1 is 1.00 bits per heavy atom. The van der Waals surface area contributed by atoms with Gasteiger partial charge in [0.05, 0.1) is 5.92 Å². The van der Waals surface area contributed by atoms with E-state index in [0.29, 0.717) is 19.1 Å². The van der Waals surface area contributed by atoms with Crippen molar-refractivity contribution in [3.63, 3.8) is 0 Å². The summed E-state index contributed by atoms with van der Waals surface area (Å²) in [5.74, 6) is -1.18. The number of nitrogens with zero attached hydrogens (tertiary/aromatic N) is 1. The number of benzene rings is 1. The first-order valence-corrected chi connectivity index (χ1v) is 11.6. The predicted octanol–water partition coefficient (Wildman–Crippen LogP) is 6.02. The van der Waals surface area contributed by atoms with Crippen LogP contribution in [-0.2, 0) is 4.74 Å². The monoisotopic (exact) mass is 455 g/mol. The first-order chi connectivity index (χ1) is 14.9. The fourth-order valence-electron chi connectivity index (χ4n) is 4.64. The molecule has 0 aromatic heterocycles. The number of anilines is 2. The molecule has 1 amide bonds. The summed E-state index contributed by atoms with van der Waals surface area (Å²) in [6.07, 6.45) is -0.453. The summed E-state index contributed by atoms with van der Waals surface area (Å²) in [5, 5.41) is 6.54. The molecule has 1 heterocycles. The van der Waals surface area contributed by atoms with Crippen molar-refractivity contribution in [1.29, 1.82) is 0 Å². The lowest BCUT2D eigenvalue weighted by Crippen LogP contribution is -2.42. The van der Waals surface area contributed by atoms with Crippen molar-refractivity contribution in [3.05, 3.63) is 23.8 Å². The summed E-state index contributed by atoms with van der Waals surface area (Å²) in [5.41, 5.74) is 2.61. The molecule has 2 aliphatic rings. The van der Waals surface area contributed by atoms with Crippen molar-refractivity contribution < 1.29 is 22.7 Å². The second-order valence-electron chi connectivity index (χ2n) is 10.1. The lowest BCUT2D eigenvalue weighted by molar-refractivity contribution is -0.179. The molecule has 2 fully saturated rings. The van der Waals surface area contributed by atoms with Gasteiger partial charge < -0.3 is 20.3 Å². The van der Waals surface area contributed by atoms with E-state index in [4.69, 9.17) is 4.74 Å². The largest absolute Gasteiger partial charge is 0.444 e. The maximum Gasteiger partial charge on any atom is 0.407 e. The van der Waals surface area contributed by atoms with Crippen LogP contribution in [0.1, 0.15) is 64.9 Å². The number of piperidine rings is 1. The van der Waals surface area contributed by atoms with Crippen LogP contribution in [0.4, 0.5) is 29.3 Å². The number of carbonyl (C=O) groups is 1. The van der Waals surface area contributed by atoms with E-state index in [9.17, 15) is 18.0 Å². The van der Waals surface area contributed by atoms with Gasteiger partial charge in [0.15, 0.2) is 0 Å². The van der Waals surface area contributed by atoms with Gasteiger partial charge >= 0.3 is 12.3 Å². The molecule has 5 nitrogen and oxygen atoms in total. The van der Waals surface area contributed by atoms with Crippen LogP contribution in [0, 0.1) is 12.8 Å².